The normalized spacial score (nSPS) is 29.6. The molecule has 1 N–H and O–H groups in total. The first-order chi connectivity index (χ1) is 13.0. The zero-order valence-electron chi connectivity index (χ0n) is 15.6. The van der Waals surface area contributed by atoms with Gasteiger partial charge in [0, 0.05) is 5.69 Å². The van der Waals surface area contributed by atoms with Gasteiger partial charge in [-0.25, -0.2) is 0 Å². The molecule has 142 valence electrons. The van der Waals surface area contributed by atoms with Crippen LogP contribution in [-0.4, -0.2) is 35.8 Å². The van der Waals surface area contributed by atoms with Crippen molar-refractivity contribution in [3.05, 3.63) is 36.4 Å². The number of nitrogens with one attached hydrogen (secondary N) is 1. The summed E-state index contributed by atoms with van der Waals surface area (Å²) in [6.45, 7) is 1.83. The summed E-state index contributed by atoms with van der Waals surface area (Å²) in [6, 6.07) is 6.20. The number of likely N-dealkylation sites (tertiary alicyclic amines) is 1. The summed E-state index contributed by atoms with van der Waals surface area (Å²) in [5.41, 5.74) is 0.609. The van der Waals surface area contributed by atoms with Crippen LogP contribution in [0.2, 0.25) is 0 Å². The van der Waals surface area contributed by atoms with Gasteiger partial charge < -0.3 is 10.1 Å². The fourth-order valence-corrected chi connectivity index (χ4v) is 4.79. The lowest BCUT2D eigenvalue weighted by molar-refractivity contribution is -0.146. The maximum Gasteiger partial charge on any atom is 0.247 e. The summed E-state index contributed by atoms with van der Waals surface area (Å²) in [6.07, 6.45) is 6.46. The number of anilines is 1. The molecule has 6 nitrogen and oxygen atoms in total. The van der Waals surface area contributed by atoms with Crippen LogP contribution >= 0.6 is 0 Å². The molecule has 0 aromatic heterocycles. The van der Waals surface area contributed by atoms with Crippen molar-refractivity contribution in [2.24, 2.45) is 23.7 Å². The number of methoxy groups -OCH3 is 1. The monoisotopic (exact) mass is 368 g/mol. The van der Waals surface area contributed by atoms with Gasteiger partial charge in [0.25, 0.3) is 0 Å². The van der Waals surface area contributed by atoms with Crippen molar-refractivity contribution in [3.63, 3.8) is 0 Å². The lowest BCUT2D eigenvalue weighted by Gasteiger charge is -2.38. The molecule has 3 aliphatic carbocycles. The third-order valence-corrected chi connectivity index (χ3v) is 6.15. The molecule has 0 radical (unpaired) electrons. The highest BCUT2D eigenvalue weighted by atomic mass is 16.5. The number of fused-ring (bicyclic) bond motifs is 1. The van der Waals surface area contributed by atoms with E-state index in [1.54, 1.807) is 31.4 Å². The molecule has 2 fully saturated rings. The Kier molecular flexibility index (Phi) is 4.50. The standard InChI is InChI=1S/C21H24N2O4/c1-3-16(19(24)22-14-8-10-15(27-2)11-9-14)23-20(25)17-12-4-5-13(7-6-12)18(17)21(23)26/h4-5,8-13,16-18H,3,6-7H2,1-2H3,(H,22,24)/t12-,13-,16-,17-,18+/m0/s1. The van der Waals surface area contributed by atoms with Crippen LogP contribution in [0.4, 0.5) is 5.69 Å². The third-order valence-electron chi connectivity index (χ3n) is 6.15. The van der Waals surface area contributed by atoms with Crippen LogP contribution in [0.25, 0.3) is 0 Å². The van der Waals surface area contributed by atoms with Crippen LogP contribution in [0.1, 0.15) is 26.2 Å². The highest BCUT2D eigenvalue weighted by molar-refractivity contribution is 6.10. The lowest BCUT2D eigenvalue weighted by atomic mass is 9.63. The van der Waals surface area contributed by atoms with Crippen molar-refractivity contribution in [2.45, 2.75) is 32.2 Å². The van der Waals surface area contributed by atoms with E-state index < -0.39 is 6.04 Å². The largest absolute Gasteiger partial charge is 0.497 e. The third kappa shape index (κ3) is 2.83. The quantitative estimate of drug-likeness (QED) is 0.640. The number of benzene rings is 1. The lowest BCUT2D eigenvalue weighted by Crippen LogP contribution is -2.47. The van der Waals surface area contributed by atoms with E-state index in [9.17, 15) is 14.4 Å². The first-order valence-corrected chi connectivity index (χ1v) is 9.55. The average molecular weight is 368 g/mol. The summed E-state index contributed by atoms with van der Waals surface area (Å²) in [4.78, 5) is 40.2. The summed E-state index contributed by atoms with van der Waals surface area (Å²) >= 11 is 0. The van der Waals surface area contributed by atoms with Gasteiger partial charge in [-0.2, -0.15) is 0 Å². The van der Waals surface area contributed by atoms with Crippen molar-refractivity contribution < 1.29 is 19.1 Å². The SMILES string of the molecule is CC[C@@H](C(=O)Nc1ccc(OC)cc1)N1C(=O)[C@@H]2[C@H](C1=O)[C@H]1C=C[C@H]2CC1. The second-order valence-electron chi connectivity index (χ2n) is 7.53. The van der Waals surface area contributed by atoms with Crippen LogP contribution in [0.3, 0.4) is 0 Å². The van der Waals surface area contributed by atoms with Crippen LogP contribution in [0.5, 0.6) is 5.75 Å². The summed E-state index contributed by atoms with van der Waals surface area (Å²) in [5, 5.41) is 2.83. The van der Waals surface area contributed by atoms with Gasteiger partial charge in [0.1, 0.15) is 11.8 Å². The number of allylic oxidation sites excluding steroid dienone is 2. The molecule has 1 aromatic rings. The molecule has 1 saturated carbocycles. The Morgan fingerprint density at radius 1 is 1.11 bits per heavy atom. The number of nitrogens with zero attached hydrogens (tertiary/aromatic N) is 1. The van der Waals surface area contributed by atoms with Crippen LogP contribution in [0, 0.1) is 23.7 Å². The van der Waals surface area contributed by atoms with Crippen molar-refractivity contribution in [3.8, 4) is 5.75 Å². The Morgan fingerprint density at radius 3 is 2.11 bits per heavy atom. The maximum absolute atomic E-state index is 13.1. The zero-order valence-corrected chi connectivity index (χ0v) is 15.6. The highest BCUT2D eigenvalue weighted by Crippen LogP contribution is 2.50. The molecule has 1 saturated heterocycles. The van der Waals surface area contributed by atoms with E-state index in [-0.39, 0.29) is 41.4 Å². The van der Waals surface area contributed by atoms with E-state index in [4.69, 9.17) is 4.74 Å². The first-order valence-electron chi connectivity index (χ1n) is 9.55. The molecule has 1 aliphatic heterocycles. The van der Waals surface area contributed by atoms with Crippen molar-refractivity contribution in [2.75, 3.05) is 12.4 Å². The van der Waals surface area contributed by atoms with Gasteiger partial charge in [-0.15, -0.1) is 0 Å². The fraction of sp³-hybridized carbons (Fsp3) is 0.476. The van der Waals surface area contributed by atoms with Crippen molar-refractivity contribution >= 4 is 23.4 Å². The van der Waals surface area contributed by atoms with Gasteiger partial charge in [0.05, 0.1) is 18.9 Å². The first kappa shape index (κ1) is 17.8. The van der Waals surface area contributed by atoms with Crippen LogP contribution < -0.4 is 10.1 Å². The van der Waals surface area contributed by atoms with Crippen molar-refractivity contribution in [1.82, 2.24) is 4.90 Å². The van der Waals surface area contributed by atoms with Gasteiger partial charge in [-0.05, 0) is 55.4 Å². The summed E-state index contributed by atoms with van der Waals surface area (Å²) in [5.74, 6) is -0.317. The predicted octanol–water partition coefficient (Wildman–Crippen LogP) is 2.61. The van der Waals surface area contributed by atoms with E-state index in [1.165, 1.54) is 4.90 Å². The molecular weight excluding hydrogens is 344 g/mol. The molecule has 0 unspecified atom stereocenters. The minimum absolute atomic E-state index is 0.128. The summed E-state index contributed by atoms with van der Waals surface area (Å²) < 4.78 is 5.12. The number of carbonyl (C=O) groups excluding carboxylic acids is 3. The number of amides is 3. The number of ether oxygens (including phenoxy) is 1. The predicted molar refractivity (Wildman–Crippen MR) is 99.9 cm³/mol. The smallest absolute Gasteiger partial charge is 0.247 e. The van der Waals surface area contributed by atoms with Gasteiger partial charge in [0.15, 0.2) is 0 Å². The zero-order chi connectivity index (χ0) is 19.1. The van der Waals surface area contributed by atoms with E-state index in [1.807, 2.05) is 6.92 Å². The molecule has 4 aliphatic rings. The number of carbonyl (C=O) groups is 3. The number of hydrogen-bond acceptors (Lipinski definition) is 4. The molecule has 0 spiro atoms. The molecule has 5 rings (SSSR count). The number of imide groups is 1. The van der Waals surface area contributed by atoms with Crippen molar-refractivity contribution in [1.29, 1.82) is 0 Å². The van der Waals surface area contributed by atoms with E-state index in [0.29, 0.717) is 17.9 Å². The molecule has 27 heavy (non-hydrogen) atoms. The molecule has 5 atom stereocenters. The van der Waals surface area contributed by atoms with Crippen LogP contribution in [0.15, 0.2) is 36.4 Å². The Morgan fingerprint density at radius 2 is 1.67 bits per heavy atom. The Bertz CT molecular complexity index is 769. The second-order valence-corrected chi connectivity index (χ2v) is 7.53. The van der Waals surface area contributed by atoms with E-state index in [2.05, 4.69) is 17.5 Å². The number of hydrogen-bond donors (Lipinski definition) is 1. The second kappa shape index (κ2) is 6.83. The van der Waals surface area contributed by atoms with Crippen LogP contribution in [-0.2, 0) is 14.4 Å². The van der Waals surface area contributed by atoms with E-state index >= 15 is 0 Å². The minimum atomic E-state index is -0.780. The Balaban J connectivity index is 1.54. The highest BCUT2D eigenvalue weighted by Gasteiger charge is 2.58. The summed E-state index contributed by atoms with van der Waals surface area (Å²) in [7, 11) is 1.58. The molecule has 1 aromatic carbocycles. The minimum Gasteiger partial charge on any atom is -0.497 e. The van der Waals surface area contributed by atoms with Gasteiger partial charge in [-0.1, -0.05) is 19.1 Å². The molecule has 2 bridgehead atoms. The Hall–Kier alpha value is -2.63. The van der Waals surface area contributed by atoms with Gasteiger partial charge in [-0.3, -0.25) is 19.3 Å². The molecule has 6 heteroatoms. The molecular formula is C21H24N2O4. The van der Waals surface area contributed by atoms with Gasteiger partial charge >= 0.3 is 0 Å². The number of rotatable bonds is 5. The average Bonchev–Trinajstić information content (AvgIpc) is 2.97. The fourth-order valence-electron chi connectivity index (χ4n) is 4.79. The van der Waals surface area contributed by atoms with E-state index in [0.717, 1.165) is 12.8 Å². The molecule has 1 heterocycles. The van der Waals surface area contributed by atoms with Gasteiger partial charge in [0.2, 0.25) is 17.7 Å². The topological polar surface area (TPSA) is 75.7 Å². The molecule has 3 amide bonds. The maximum atomic E-state index is 13.1. The Labute approximate surface area is 158 Å².